The maximum Gasteiger partial charge on any atom is 0.305 e. The minimum absolute atomic E-state index is 0.0864. The number of aliphatic hydroxyl groups excluding tert-OH is 2. The molecule has 1 fully saturated rings. The van der Waals surface area contributed by atoms with E-state index in [0.29, 0.717) is 19.4 Å². The normalized spacial score (nSPS) is 25.1. The Morgan fingerprint density at radius 3 is 2.54 bits per heavy atom. The predicted molar refractivity (Wildman–Crippen MR) is 112 cm³/mol. The molecule has 0 aromatic rings. The van der Waals surface area contributed by atoms with Crippen molar-refractivity contribution in [3.05, 3.63) is 24.3 Å². The Hall–Kier alpha value is -1.17. The molecule has 5 nitrogen and oxygen atoms in total. The number of aliphatic hydroxyl groups is 2. The summed E-state index contributed by atoms with van der Waals surface area (Å²) in [5.74, 6) is 0.256. The first-order chi connectivity index (χ1) is 13.6. The van der Waals surface area contributed by atoms with Gasteiger partial charge in [-0.05, 0) is 51.4 Å². The summed E-state index contributed by atoms with van der Waals surface area (Å²) in [5.41, 5.74) is 0. The number of hydrogen-bond acceptors (Lipinski definition) is 5. The fourth-order valence-electron chi connectivity index (χ4n) is 3.89. The van der Waals surface area contributed by atoms with Gasteiger partial charge in [0, 0.05) is 32.0 Å². The highest BCUT2D eigenvalue weighted by atomic mass is 16.5. The predicted octanol–water partition coefficient (Wildman–Crippen LogP) is 4.18. The van der Waals surface area contributed by atoms with E-state index in [-0.39, 0.29) is 36.6 Å². The fourth-order valence-corrected chi connectivity index (χ4v) is 3.89. The van der Waals surface area contributed by atoms with Crippen LogP contribution in [-0.4, -0.2) is 48.7 Å². The third-order valence-electron chi connectivity index (χ3n) is 5.46. The van der Waals surface area contributed by atoms with Gasteiger partial charge in [0.05, 0.1) is 19.3 Å². The van der Waals surface area contributed by atoms with Crippen LogP contribution >= 0.6 is 0 Å². The Labute approximate surface area is 170 Å². The second-order valence-corrected chi connectivity index (χ2v) is 7.57. The summed E-state index contributed by atoms with van der Waals surface area (Å²) in [5, 5.41) is 19.4. The molecule has 0 spiro atoms. The molecule has 0 aromatic carbocycles. The molecule has 28 heavy (non-hydrogen) atoms. The second-order valence-electron chi connectivity index (χ2n) is 7.57. The van der Waals surface area contributed by atoms with Crippen molar-refractivity contribution < 1.29 is 24.5 Å². The molecule has 1 rings (SSSR count). The summed E-state index contributed by atoms with van der Waals surface area (Å²) < 4.78 is 10.5. The van der Waals surface area contributed by atoms with Crippen molar-refractivity contribution in [2.75, 3.05) is 20.3 Å². The van der Waals surface area contributed by atoms with E-state index < -0.39 is 0 Å². The quantitative estimate of drug-likeness (QED) is 0.247. The average molecular weight is 397 g/mol. The van der Waals surface area contributed by atoms with Gasteiger partial charge in [-0.3, -0.25) is 4.79 Å². The third-order valence-corrected chi connectivity index (χ3v) is 5.46. The standard InChI is InChI=1S/C23H40O5/c1-3-28-22-18-21(25)19(14-10-7-8-12-16-23(26)27-2)20(22)15-11-6-4-5-9-13-17-24/h7,10-11,15,19-22,24-25H,3-6,8-9,12-14,16-18H2,1-2H3/b10-7-,15-11+/t19?,20-,21+,22-/m1/s1. The van der Waals surface area contributed by atoms with E-state index in [9.17, 15) is 9.90 Å². The largest absolute Gasteiger partial charge is 0.469 e. The third kappa shape index (κ3) is 9.85. The molecule has 0 saturated heterocycles. The highest BCUT2D eigenvalue weighted by Gasteiger charge is 2.40. The molecule has 1 aliphatic rings. The maximum atomic E-state index is 11.1. The van der Waals surface area contributed by atoms with Crippen LogP contribution in [0.15, 0.2) is 24.3 Å². The highest BCUT2D eigenvalue weighted by Crippen LogP contribution is 2.38. The first-order valence-corrected chi connectivity index (χ1v) is 10.9. The molecule has 1 saturated carbocycles. The smallest absolute Gasteiger partial charge is 0.305 e. The molecule has 0 heterocycles. The number of methoxy groups -OCH3 is 1. The number of hydrogen-bond donors (Lipinski definition) is 2. The van der Waals surface area contributed by atoms with Gasteiger partial charge in [0.15, 0.2) is 0 Å². The van der Waals surface area contributed by atoms with Crippen molar-refractivity contribution in [2.24, 2.45) is 11.8 Å². The van der Waals surface area contributed by atoms with E-state index in [1.54, 1.807) is 0 Å². The Bertz CT molecular complexity index is 460. The van der Waals surface area contributed by atoms with Crippen molar-refractivity contribution >= 4 is 5.97 Å². The van der Waals surface area contributed by atoms with Gasteiger partial charge in [-0.25, -0.2) is 0 Å². The summed E-state index contributed by atoms with van der Waals surface area (Å²) in [7, 11) is 1.41. The van der Waals surface area contributed by atoms with Crippen LogP contribution < -0.4 is 0 Å². The number of carbonyl (C=O) groups excluding carboxylic acids is 1. The molecule has 4 atom stereocenters. The van der Waals surface area contributed by atoms with Gasteiger partial charge in [0.2, 0.25) is 0 Å². The molecule has 0 amide bonds. The molecule has 0 radical (unpaired) electrons. The van der Waals surface area contributed by atoms with E-state index in [1.165, 1.54) is 7.11 Å². The highest BCUT2D eigenvalue weighted by molar-refractivity contribution is 5.69. The van der Waals surface area contributed by atoms with E-state index in [2.05, 4.69) is 29.0 Å². The summed E-state index contributed by atoms with van der Waals surface area (Å²) in [4.78, 5) is 11.1. The molecule has 162 valence electrons. The number of allylic oxidation sites excluding steroid dienone is 3. The van der Waals surface area contributed by atoms with Gasteiger partial charge in [-0.15, -0.1) is 0 Å². The zero-order valence-electron chi connectivity index (χ0n) is 17.7. The van der Waals surface area contributed by atoms with Gasteiger partial charge < -0.3 is 19.7 Å². The van der Waals surface area contributed by atoms with Crippen LogP contribution in [0.4, 0.5) is 0 Å². The van der Waals surface area contributed by atoms with Crippen molar-refractivity contribution in [3.8, 4) is 0 Å². The average Bonchev–Trinajstić information content (AvgIpc) is 2.98. The van der Waals surface area contributed by atoms with Crippen LogP contribution in [-0.2, 0) is 14.3 Å². The molecule has 1 aliphatic carbocycles. The fraction of sp³-hybridized carbons (Fsp3) is 0.783. The Balaban J connectivity index is 2.47. The molecule has 2 N–H and O–H groups in total. The van der Waals surface area contributed by atoms with E-state index >= 15 is 0 Å². The minimum Gasteiger partial charge on any atom is -0.469 e. The van der Waals surface area contributed by atoms with Crippen LogP contribution in [0.25, 0.3) is 0 Å². The van der Waals surface area contributed by atoms with Crippen LogP contribution in [0, 0.1) is 11.8 Å². The lowest BCUT2D eigenvalue weighted by Crippen LogP contribution is -2.21. The topological polar surface area (TPSA) is 76.0 Å². The SMILES string of the molecule is CCO[C@@H]1C[C@H](O)C(C/C=C\CCCC(=O)OC)[C@H]1/C=C/CCCCCCO. The number of carbonyl (C=O) groups is 1. The first kappa shape index (κ1) is 24.9. The molecule has 0 aliphatic heterocycles. The van der Waals surface area contributed by atoms with Crippen molar-refractivity contribution in [1.82, 2.24) is 0 Å². The monoisotopic (exact) mass is 396 g/mol. The molecule has 1 unspecified atom stereocenters. The van der Waals surface area contributed by atoms with Gasteiger partial charge in [0.1, 0.15) is 0 Å². The lowest BCUT2D eigenvalue weighted by Gasteiger charge is -2.21. The maximum absolute atomic E-state index is 11.1. The first-order valence-electron chi connectivity index (χ1n) is 10.9. The van der Waals surface area contributed by atoms with Crippen LogP contribution in [0.3, 0.4) is 0 Å². The van der Waals surface area contributed by atoms with Crippen molar-refractivity contribution in [3.63, 3.8) is 0 Å². The molecular weight excluding hydrogens is 356 g/mol. The zero-order chi connectivity index (χ0) is 20.6. The number of rotatable bonds is 15. The van der Waals surface area contributed by atoms with Crippen LogP contribution in [0.5, 0.6) is 0 Å². The lowest BCUT2D eigenvalue weighted by atomic mass is 9.89. The number of unbranched alkanes of at least 4 members (excludes halogenated alkanes) is 5. The minimum atomic E-state index is -0.338. The molecule has 0 aromatic heterocycles. The second kappa shape index (κ2) is 15.7. The number of esters is 1. The van der Waals surface area contributed by atoms with Gasteiger partial charge in [0.25, 0.3) is 0 Å². The van der Waals surface area contributed by atoms with Gasteiger partial charge >= 0.3 is 5.97 Å². The van der Waals surface area contributed by atoms with Crippen molar-refractivity contribution in [1.29, 1.82) is 0 Å². The van der Waals surface area contributed by atoms with E-state index in [4.69, 9.17) is 9.84 Å². The van der Waals surface area contributed by atoms with Crippen LogP contribution in [0.1, 0.15) is 71.1 Å². The van der Waals surface area contributed by atoms with Crippen molar-refractivity contribution in [2.45, 2.75) is 83.3 Å². The number of ether oxygens (including phenoxy) is 2. The summed E-state index contributed by atoms with van der Waals surface area (Å²) in [6.07, 6.45) is 17.4. The van der Waals surface area contributed by atoms with E-state index in [0.717, 1.165) is 51.4 Å². The summed E-state index contributed by atoms with van der Waals surface area (Å²) in [6, 6.07) is 0. The lowest BCUT2D eigenvalue weighted by molar-refractivity contribution is -0.140. The van der Waals surface area contributed by atoms with E-state index in [1.807, 2.05) is 6.92 Å². The van der Waals surface area contributed by atoms with Gasteiger partial charge in [-0.2, -0.15) is 0 Å². The summed E-state index contributed by atoms with van der Waals surface area (Å²) >= 11 is 0. The van der Waals surface area contributed by atoms with Gasteiger partial charge in [-0.1, -0.05) is 37.1 Å². The molecule has 0 bridgehead atoms. The Kier molecular flexibility index (Phi) is 14.0. The molecule has 5 heteroatoms. The molecular formula is C23H40O5. The Morgan fingerprint density at radius 1 is 1.07 bits per heavy atom. The van der Waals surface area contributed by atoms with Crippen LogP contribution in [0.2, 0.25) is 0 Å². The zero-order valence-corrected chi connectivity index (χ0v) is 17.7. The summed E-state index contributed by atoms with van der Waals surface area (Å²) in [6.45, 7) is 2.95. The Morgan fingerprint density at radius 2 is 1.82 bits per heavy atom.